The van der Waals surface area contributed by atoms with E-state index in [0.29, 0.717) is 30.3 Å². The minimum absolute atomic E-state index is 0.235. The Morgan fingerprint density at radius 3 is 2.53 bits per heavy atom. The van der Waals surface area contributed by atoms with Gasteiger partial charge in [-0.15, -0.1) is 23.2 Å². The van der Waals surface area contributed by atoms with E-state index in [2.05, 4.69) is 5.32 Å². The molecule has 1 aliphatic heterocycles. The van der Waals surface area contributed by atoms with E-state index in [1.807, 2.05) is 0 Å². The van der Waals surface area contributed by atoms with Gasteiger partial charge in [0, 0.05) is 17.3 Å². The molecule has 1 heterocycles. The summed E-state index contributed by atoms with van der Waals surface area (Å²) in [5.41, 5.74) is -0.140. The fourth-order valence-electron chi connectivity index (χ4n) is 1.63. The van der Waals surface area contributed by atoms with Crippen molar-refractivity contribution in [1.29, 1.82) is 0 Å². The predicted octanol–water partition coefficient (Wildman–Crippen LogP) is 2.42. The monoisotopic (exact) mass is 303 g/mol. The second-order valence-corrected chi connectivity index (χ2v) is 5.18. The Bertz CT molecular complexity index is 475. The van der Waals surface area contributed by atoms with Gasteiger partial charge in [0.05, 0.1) is 5.54 Å². The van der Waals surface area contributed by atoms with E-state index in [1.165, 1.54) is 0 Å². The van der Waals surface area contributed by atoms with Crippen LogP contribution >= 0.6 is 23.2 Å². The fraction of sp³-hybridized carbons (Fsp3) is 0.462. The number of nitrogens with one attached hydrogen (secondary N) is 1. The number of carbonyl (C=O) groups is 1. The van der Waals surface area contributed by atoms with Gasteiger partial charge >= 0.3 is 0 Å². The molecule has 1 aromatic rings. The first-order valence-corrected chi connectivity index (χ1v) is 6.99. The Morgan fingerprint density at radius 1 is 1.26 bits per heavy atom. The van der Waals surface area contributed by atoms with Gasteiger partial charge in [0.15, 0.2) is 11.5 Å². The number of ether oxygens (including phenoxy) is 2. The van der Waals surface area contributed by atoms with Crippen molar-refractivity contribution in [2.45, 2.75) is 12.5 Å². The van der Waals surface area contributed by atoms with Gasteiger partial charge in [0.1, 0.15) is 13.2 Å². The highest BCUT2D eigenvalue weighted by Crippen LogP contribution is 2.30. The number of carbonyl (C=O) groups excluding carboxylic acids is 1. The molecule has 104 valence electrons. The van der Waals surface area contributed by atoms with Gasteiger partial charge < -0.3 is 14.8 Å². The van der Waals surface area contributed by atoms with Crippen molar-refractivity contribution < 1.29 is 14.3 Å². The highest BCUT2D eigenvalue weighted by atomic mass is 35.5. The summed E-state index contributed by atoms with van der Waals surface area (Å²) in [6.45, 7) is 2.80. The predicted molar refractivity (Wildman–Crippen MR) is 74.7 cm³/mol. The zero-order valence-corrected chi connectivity index (χ0v) is 12.1. The molecule has 0 aromatic heterocycles. The van der Waals surface area contributed by atoms with Gasteiger partial charge in [0.25, 0.3) is 5.91 Å². The third-order valence-corrected chi connectivity index (χ3v) is 3.99. The van der Waals surface area contributed by atoms with Crippen LogP contribution in [0.3, 0.4) is 0 Å². The molecule has 19 heavy (non-hydrogen) atoms. The molecular formula is C13H15Cl2NO3. The summed E-state index contributed by atoms with van der Waals surface area (Å²) < 4.78 is 10.8. The molecule has 0 bridgehead atoms. The molecule has 0 radical (unpaired) electrons. The Morgan fingerprint density at radius 2 is 1.89 bits per heavy atom. The van der Waals surface area contributed by atoms with Crippen LogP contribution in [0.2, 0.25) is 0 Å². The van der Waals surface area contributed by atoms with Crippen molar-refractivity contribution in [2.24, 2.45) is 0 Å². The molecule has 0 fully saturated rings. The molecule has 0 spiro atoms. The van der Waals surface area contributed by atoms with Crippen LogP contribution in [-0.4, -0.2) is 36.4 Å². The molecular weight excluding hydrogens is 289 g/mol. The average molecular weight is 304 g/mol. The van der Waals surface area contributed by atoms with Gasteiger partial charge in [0.2, 0.25) is 0 Å². The Kier molecular flexibility index (Phi) is 4.42. The molecule has 0 saturated heterocycles. The standard InChI is InChI=1S/C13H15Cl2NO3/c1-13(7-14,8-15)16-12(17)9-2-3-10-11(6-9)19-5-4-18-10/h2-3,6H,4-5,7-8H2,1H3,(H,16,17). The summed E-state index contributed by atoms with van der Waals surface area (Å²) in [4.78, 5) is 12.1. The normalized spacial score (nSPS) is 14.1. The van der Waals surface area contributed by atoms with Crippen molar-refractivity contribution in [3.8, 4) is 11.5 Å². The number of hydrogen-bond donors (Lipinski definition) is 1. The molecule has 1 amide bonds. The van der Waals surface area contributed by atoms with Crippen LogP contribution in [-0.2, 0) is 0 Å². The molecule has 0 saturated carbocycles. The Balaban J connectivity index is 2.15. The number of fused-ring (bicyclic) bond motifs is 1. The Labute approximate surface area is 122 Å². The molecule has 1 N–H and O–H groups in total. The van der Waals surface area contributed by atoms with Crippen LogP contribution in [0.25, 0.3) is 0 Å². The van der Waals surface area contributed by atoms with E-state index < -0.39 is 5.54 Å². The lowest BCUT2D eigenvalue weighted by Crippen LogP contribution is -2.49. The lowest BCUT2D eigenvalue weighted by molar-refractivity contribution is 0.0920. The molecule has 6 heteroatoms. The average Bonchev–Trinajstić information content (AvgIpc) is 2.46. The number of benzene rings is 1. The molecule has 1 aliphatic rings. The smallest absolute Gasteiger partial charge is 0.251 e. The first-order valence-electron chi connectivity index (χ1n) is 5.92. The van der Waals surface area contributed by atoms with Crippen molar-refractivity contribution >= 4 is 29.1 Å². The number of rotatable bonds is 4. The molecule has 0 atom stereocenters. The van der Waals surface area contributed by atoms with E-state index in [-0.39, 0.29) is 17.7 Å². The van der Waals surface area contributed by atoms with Gasteiger partial charge in [-0.25, -0.2) is 0 Å². The van der Waals surface area contributed by atoms with E-state index in [0.717, 1.165) is 0 Å². The fourth-order valence-corrected chi connectivity index (χ4v) is 2.05. The third kappa shape index (κ3) is 3.25. The van der Waals surface area contributed by atoms with Crippen molar-refractivity contribution in [3.63, 3.8) is 0 Å². The summed E-state index contributed by atoms with van der Waals surface area (Å²) in [6, 6.07) is 5.07. The maximum atomic E-state index is 12.1. The first-order chi connectivity index (χ1) is 9.08. The van der Waals surface area contributed by atoms with Crippen molar-refractivity contribution in [1.82, 2.24) is 5.32 Å². The van der Waals surface area contributed by atoms with Crippen LogP contribution in [0.5, 0.6) is 11.5 Å². The van der Waals surface area contributed by atoms with E-state index in [4.69, 9.17) is 32.7 Å². The lowest BCUT2D eigenvalue weighted by Gasteiger charge is -2.26. The number of hydrogen-bond acceptors (Lipinski definition) is 3. The second kappa shape index (κ2) is 5.88. The van der Waals surface area contributed by atoms with Crippen LogP contribution in [0.15, 0.2) is 18.2 Å². The quantitative estimate of drug-likeness (QED) is 0.869. The van der Waals surface area contributed by atoms with Gasteiger partial charge in [-0.2, -0.15) is 0 Å². The van der Waals surface area contributed by atoms with Gasteiger partial charge in [-0.3, -0.25) is 4.79 Å². The molecule has 4 nitrogen and oxygen atoms in total. The van der Waals surface area contributed by atoms with Gasteiger partial charge in [-0.1, -0.05) is 0 Å². The topological polar surface area (TPSA) is 47.6 Å². The minimum atomic E-state index is -0.631. The maximum Gasteiger partial charge on any atom is 0.251 e. The summed E-state index contributed by atoms with van der Waals surface area (Å²) in [5, 5.41) is 2.82. The Hall–Kier alpha value is -1.13. The van der Waals surface area contributed by atoms with E-state index >= 15 is 0 Å². The summed E-state index contributed by atoms with van der Waals surface area (Å²) in [6.07, 6.45) is 0. The van der Waals surface area contributed by atoms with Crippen LogP contribution < -0.4 is 14.8 Å². The zero-order chi connectivity index (χ0) is 13.9. The van der Waals surface area contributed by atoms with Crippen molar-refractivity contribution in [3.05, 3.63) is 23.8 Å². The van der Waals surface area contributed by atoms with E-state index in [1.54, 1.807) is 25.1 Å². The lowest BCUT2D eigenvalue weighted by atomic mass is 10.1. The first kappa shape index (κ1) is 14.3. The van der Waals surface area contributed by atoms with Crippen LogP contribution in [0.4, 0.5) is 0 Å². The van der Waals surface area contributed by atoms with Crippen molar-refractivity contribution in [2.75, 3.05) is 25.0 Å². The zero-order valence-electron chi connectivity index (χ0n) is 10.5. The summed E-state index contributed by atoms with van der Waals surface area (Å²) in [5.74, 6) is 1.48. The number of amides is 1. The largest absolute Gasteiger partial charge is 0.486 e. The third-order valence-electron chi connectivity index (χ3n) is 2.81. The molecule has 0 unspecified atom stereocenters. The summed E-state index contributed by atoms with van der Waals surface area (Å²) >= 11 is 11.6. The van der Waals surface area contributed by atoms with Crippen LogP contribution in [0.1, 0.15) is 17.3 Å². The molecule has 2 rings (SSSR count). The SMILES string of the molecule is CC(CCl)(CCl)NC(=O)c1ccc2c(c1)OCCO2. The highest BCUT2D eigenvalue weighted by Gasteiger charge is 2.25. The van der Waals surface area contributed by atoms with Gasteiger partial charge in [-0.05, 0) is 25.1 Å². The van der Waals surface area contributed by atoms with Crippen LogP contribution in [0, 0.1) is 0 Å². The molecule has 0 aliphatic carbocycles. The number of alkyl halides is 2. The van der Waals surface area contributed by atoms with E-state index in [9.17, 15) is 4.79 Å². The molecule has 1 aromatic carbocycles. The highest BCUT2D eigenvalue weighted by molar-refractivity contribution is 6.22. The maximum absolute atomic E-state index is 12.1. The summed E-state index contributed by atoms with van der Waals surface area (Å²) in [7, 11) is 0. The second-order valence-electron chi connectivity index (χ2n) is 4.64. The minimum Gasteiger partial charge on any atom is -0.486 e. The number of halogens is 2.